The molecule has 1 heterocycles. The van der Waals surface area contributed by atoms with E-state index in [1.54, 1.807) is 23.1 Å². The molecule has 100 valence electrons. The molecule has 4 nitrogen and oxygen atoms in total. The van der Waals surface area contributed by atoms with E-state index < -0.39 is 0 Å². The molecule has 0 unspecified atom stereocenters. The quantitative estimate of drug-likeness (QED) is 0.906. The number of hydrogen-bond donors (Lipinski definition) is 1. The number of nitrogens with two attached hydrogens (primary N) is 1. The van der Waals surface area contributed by atoms with Crippen LogP contribution in [0, 0.1) is 0 Å². The Morgan fingerprint density at radius 3 is 2.83 bits per heavy atom. The molecular formula is C12H16Cl2N2O2. The van der Waals surface area contributed by atoms with Gasteiger partial charge in [0, 0.05) is 24.2 Å². The molecule has 0 aromatic heterocycles. The van der Waals surface area contributed by atoms with E-state index in [2.05, 4.69) is 0 Å². The Morgan fingerprint density at radius 2 is 2.28 bits per heavy atom. The van der Waals surface area contributed by atoms with Gasteiger partial charge in [-0.2, -0.15) is 0 Å². The molecule has 0 radical (unpaired) electrons. The molecule has 18 heavy (non-hydrogen) atoms. The van der Waals surface area contributed by atoms with Gasteiger partial charge in [0.2, 0.25) is 0 Å². The van der Waals surface area contributed by atoms with Crippen molar-refractivity contribution in [2.45, 2.75) is 12.5 Å². The van der Waals surface area contributed by atoms with Gasteiger partial charge in [-0.1, -0.05) is 11.6 Å². The van der Waals surface area contributed by atoms with E-state index in [0.717, 1.165) is 6.42 Å². The molecular weight excluding hydrogens is 275 g/mol. The van der Waals surface area contributed by atoms with Crippen LogP contribution in [0.3, 0.4) is 0 Å². The Morgan fingerprint density at radius 1 is 1.56 bits per heavy atom. The van der Waals surface area contributed by atoms with Crippen molar-refractivity contribution in [3.05, 3.63) is 28.8 Å². The van der Waals surface area contributed by atoms with Gasteiger partial charge < -0.3 is 15.4 Å². The molecule has 2 N–H and O–H groups in total. The smallest absolute Gasteiger partial charge is 0.257 e. The minimum absolute atomic E-state index is 0. The summed E-state index contributed by atoms with van der Waals surface area (Å²) < 4.78 is 5.17. The number of halogens is 2. The summed E-state index contributed by atoms with van der Waals surface area (Å²) in [7, 11) is 1.54. The van der Waals surface area contributed by atoms with E-state index in [4.69, 9.17) is 22.1 Å². The molecule has 0 spiro atoms. The van der Waals surface area contributed by atoms with Crippen LogP contribution >= 0.6 is 24.0 Å². The van der Waals surface area contributed by atoms with Gasteiger partial charge in [0.1, 0.15) is 5.75 Å². The highest BCUT2D eigenvalue weighted by molar-refractivity contribution is 6.31. The van der Waals surface area contributed by atoms with Gasteiger partial charge in [0.05, 0.1) is 12.7 Å². The van der Waals surface area contributed by atoms with Crippen LogP contribution in [0.5, 0.6) is 5.75 Å². The fourth-order valence-electron chi connectivity index (χ4n) is 1.99. The highest BCUT2D eigenvalue weighted by Gasteiger charge is 2.26. The monoisotopic (exact) mass is 290 g/mol. The van der Waals surface area contributed by atoms with Crippen LogP contribution in [0.25, 0.3) is 0 Å². The second-order valence-electron chi connectivity index (χ2n) is 4.14. The van der Waals surface area contributed by atoms with Gasteiger partial charge in [-0.05, 0) is 24.6 Å². The maximum absolute atomic E-state index is 12.3. The van der Waals surface area contributed by atoms with Crippen LogP contribution in [0.1, 0.15) is 16.8 Å². The predicted octanol–water partition coefficient (Wildman–Crippen LogP) is 1.94. The molecule has 0 bridgehead atoms. The third kappa shape index (κ3) is 3.07. The largest absolute Gasteiger partial charge is 0.496 e. The molecule has 1 atom stereocenters. The summed E-state index contributed by atoms with van der Waals surface area (Å²) in [6, 6.07) is 5.11. The van der Waals surface area contributed by atoms with E-state index in [9.17, 15) is 4.79 Å². The van der Waals surface area contributed by atoms with E-state index >= 15 is 0 Å². The van der Waals surface area contributed by atoms with E-state index in [0.29, 0.717) is 29.4 Å². The molecule has 0 saturated carbocycles. The molecule has 1 aliphatic heterocycles. The topological polar surface area (TPSA) is 55.6 Å². The Balaban J connectivity index is 0.00000162. The Kier molecular flexibility index (Phi) is 5.26. The van der Waals surface area contributed by atoms with Crippen molar-refractivity contribution in [1.29, 1.82) is 0 Å². The van der Waals surface area contributed by atoms with Crippen molar-refractivity contribution in [2.75, 3.05) is 20.2 Å². The normalized spacial score (nSPS) is 18.4. The van der Waals surface area contributed by atoms with E-state index in [1.165, 1.54) is 7.11 Å². The Labute approximate surface area is 117 Å². The Hall–Kier alpha value is -0.970. The maximum Gasteiger partial charge on any atom is 0.257 e. The minimum atomic E-state index is -0.0719. The number of likely N-dealkylation sites (tertiary alicyclic amines) is 1. The molecule has 6 heteroatoms. The van der Waals surface area contributed by atoms with Gasteiger partial charge in [0.15, 0.2) is 0 Å². The van der Waals surface area contributed by atoms with Crippen molar-refractivity contribution in [3.63, 3.8) is 0 Å². The Bertz CT molecular complexity index is 440. The molecule has 0 aliphatic carbocycles. The van der Waals surface area contributed by atoms with Gasteiger partial charge in [0.25, 0.3) is 5.91 Å². The molecule has 1 aromatic rings. The van der Waals surface area contributed by atoms with E-state index in [1.807, 2.05) is 0 Å². The van der Waals surface area contributed by atoms with Gasteiger partial charge in [-0.25, -0.2) is 0 Å². The summed E-state index contributed by atoms with van der Waals surface area (Å²) in [5.74, 6) is 0.470. The third-order valence-corrected chi connectivity index (χ3v) is 3.14. The van der Waals surface area contributed by atoms with Crippen molar-refractivity contribution < 1.29 is 9.53 Å². The summed E-state index contributed by atoms with van der Waals surface area (Å²) >= 11 is 5.90. The molecule has 1 fully saturated rings. The fourth-order valence-corrected chi connectivity index (χ4v) is 2.16. The highest BCUT2D eigenvalue weighted by atomic mass is 35.5. The lowest BCUT2D eigenvalue weighted by Crippen LogP contribution is -2.32. The molecule has 1 aliphatic rings. The average Bonchev–Trinajstić information content (AvgIpc) is 2.75. The summed E-state index contributed by atoms with van der Waals surface area (Å²) in [5, 5.41) is 0.526. The summed E-state index contributed by atoms with van der Waals surface area (Å²) in [4.78, 5) is 14.0. The number of hydrogen-bond acceptors (Lipinski definition) is 3. The standard InChI is InChI=1S/C12H15ClN2O2.ClH/c1-17-11-3-2-8(13)6-10(11)12(16)15-5-4-9(14)7-15;/h2-3,6,9H,4-5,7,14H2,1H3;1H/t9-;/m0./s1. The van der Waals surface area contributed by atoms with Crippen LogP contribution in [0.2, 0.25) is 5.02 Å². The lowest BCUT2D eigenvalue weighted by molar-refractivity contribution is 0.0787. The van der Waals surface area contributed by atoms with E-state index in [-0.39, 0.29) is 24.4 Å². The second kappa shape index (κ2) is 6.27. The third-order valence-electron chi connectivity index (χ3n) is 2.90. The highest BCUT2D eigenvalue weighted by Crippen LogP contribution is 2.25. The molecule has 1 amide bonds. The van der Waals surface area contributed by atoms with Gasteiger partial charge >= 0.3 is 0 Å². The fraction of sp³-hybridized carbons (Fsp3) is 0.417. The average molecular weight is 291 g/mol. The number of amides is 1. The summed E-state index contributed by atoms with van der Waals surface area (Å²) in [6.45, 7) is 1.28. The zero-order valence-electron chi connectivity index (χ0n) is 10.1. The summed E-state index contributed by atoms with van der Waals surface area (Å²) in [5.41, 5.74) is 6.28. The van der Waals surface area contributed by atoms with Crippen molar-refractivity contribution >= 4 is 29.9 Å². The number of carbonyl (C=O) groups excluding carboxylic acids is 1. The maximum atomic E-state index is 12.3. The number of rotatable bonds is 2. The van der Waals surface area contributed by atoms with Gasteiger partial charge in [-0.3, -0.25) is 4.79 Å². The van der Waals surface area contributed by atoms with Crippen LogP contribution in [-0.2, 0) is 0 Å². The second-order valence-corrected chi connectivity index (χ2v) is 4.58. The van der Waals surface area contributed by atoms with Crippen molar-refractivity contribution in [3.8, 4) is 5.75 Å². The SMILES string of the molecule is COc1ccc(Cl)cc1C(=O)N1CC[C@H](N)C1.Cl. The van der Waals surface area contributed by atoms with Crippen molar-refractivity contribution in [1.82, 2.24) is 4.90 Å². The van der Waals surface area contributed by atoms with Gasteiger partial charge in [-0.15, -0.1) is 12.4 Å². The van der Waals surface area contributed by atoms with Crippen LogP contribution in [-0.4, -0.2) is 37.0 Å². The molecule has 2 rings (SSSR count). The van der Waals surface area contributed by atoms with Crippen molar-refractivity contribution in [2.24, 2.45) is 5.73 Å². The number of benzene rings is 1. The molecule has 1 saturated heterocycles. The van der Waals surface area contributed by atoms with Crippen LogP contribution in [0.4, 0.5) is 0 Å². The first kappa shape index (κ1) is 15.1. The molecule has 1 aromatic carbocycles. The number of nitrogens with zero attached hydrogens (tertiary/aromatic N) is 1. The first-order valence-electron chi connectivity index (χ1n) is 5.50. The zero-order valence-corrected chi connectivity index (χ0v) is 11.6. The first-order chi connectivity index (χ1) is 8.11. The number of carbonyl (C=O) groups is 1. The van der Waals surface area contributed by atoms with Crippen LogP contribution in [0.15, 0.2) is 18.2 Å². The lowest BCUT2D eigenvalue weighted by atomic mass is 10.1. The van der Waals surface area contributed by atoms with Crippen LogP contribution < -0.4 is 10.5 Å². The number of methoxy groups -OCH3 is 1. The minimum Gasteiger partial charge on any atom is -0.496 e. The number of ether oxygens (including phenoxy) is 1. The lowest BCUT2D eigenvalue weighted by Gasteiger charge is -2.17. The first-order valence-corrected chi connectivity index (χ1v) is 5.88. The summed E-state index contributed by atoms with van der Waals surface area (Å²) in [6.07, 6.45) is 0.842. The predicted molar refractivity (Wildman–Crippen MR) is 73.7 cm³/mol. The zero-order chi connectivity index (χ0) is 12.4.